The number of rotatable bonds is 9. The molecule has 1 saturated heterocycles. The molecule has 42 heavy (non-hydrogen) atoms. The molecule has 0 bridgehead atoms. The van der Waals surface area contributed by atoms with E-state index in [0.717, 1.165) is 25.3 Å². The summed E-state index contributed by atoms with van der Waals surface area (Å²) in [5.41, 5.74) is 2.33. The van der Waals surface area contributed by atoms with E-state index in [1.807, 2.05) is 18.2 Å². The van der Waals surface area contributed by atoms with E-state index in [1.165, 1.54) is 6.07 Å². The number of benzene rings is 2. The van der Waals surface area contributed by atoms with E-state index >= 15 is 8.78 Å². The quantitative estimate of drug-likeness (QED) is 0.132. The van der Waals surface area contributed by atoms with E-state index < -0.39 is 25.5 Å². The Labute approximate surface area is 243 Å². The highest BCUT2D eigenvalue weighted by Crippen LogP contribution is 2.37. The second-order valence-electron chi connectivity index (χ2n) is 11.8. The highest BCUT2D eigenvalue weighted by Gasteiger charge is 2.25. The number of halogens is 2. The maximum Gasteiger partial charge on any atom is 0.247 e. The van der Waals surface area contributed by atoms with Gasteiger partial charge in [0.25, 0.3) is 0 Å². The van der Waals surface area contributed by atoms with Gasteiger partial charge in [0.1, 0.15) is 30.0 Å². The predicted molar refractivity (Wildman–Crippen MR) is 158 cm³/mol. The van der Waals surface area contributed by atoms with Crippen molar-refractivity contribution in [2.45, 2.75) is 64.8 Å². The number of nitrogens with zero attached hydrogens (tertiary/aromatic N) is 6. The smallest absolute Gasteiger partial charge is 0.247 e. The van der Waals surface area contributed by atoms with E-state index in [0.29, 0.717) is 41.3 Å². The lowest BCUT2D eigenvalue weighted by molar-refractivity contribution is -0.0394. The van der Waals surface area contributed by atoms with Crippen LogP contribution in [-0.2, 0) is 16.2 Å². The van der Waals surface area contributed by atoms with Crippen molar-refractivity contribution in [1.29, 1.82) is 0 Å². The zero-order chi connectivity index (χ0) is 29.4. The summed E-state index contributed by atoms with van der Waals surface area (Å²) in [4.78, 5) is 13.7. The first-order valence-corrected chi connectivity index (χ1v) is 17.9. The van der Waals surface area contributed by atoms with Crippen LogP contribution in [0.15, 0.2) is 42.7 Å². The molecule has 2 aromatic carbocycles. The molecule has 1 fully saturated rings. The topological polar surface area (TPSA) is 89.1 Å². The van der Waals surface area contributed by atoms with Gasteiger partial charge in [-0.15, -0.1) is 0 Å². The Morgan fingerprint density at radius 3 is 2.57 bits per heavy atom. The summed E-state index contributed by atoms with van der Waals surface area (Å²) in [6.45, 7) is 9.84. The zero-order valence-corrected chi connectivity index (χ0v) is 25.2. The van der Waals surface area contributed by atoms with Crippen LogP contribution in [0.3, 0.4) is 0 Å². The van der Waals surface area contributed by atoms with Gasteiger partial charge in [0.15, 0.2) is 11.6 Å². The van der Waals surface area contributed by atoms with Crippen molar-refractivity contribution in [3.05, 3.63) is 60.2 Å². The van der Waals surface area contributed by atoms with Gasteiger partial charge < -0.3 is 18.8 Å². The monoisotopic (exact) mass is 592 g/mol. The van der Waals surface area contributed by atoms with Crippen LogP contribution in [-0.4, -0.2) is 50.6 Å². The van der Waals surface area contributed by atoms with Gasteiger partial charge in [-0.05, 0) is 44.4 Å². The third-order valence-electron chi connectivity index (χ3n) is 7.35. The molecule has 1 aliphatic heterocycles. The SMILES string of the molecule is Cc1nc2cc(F)c(Oc3nc4ccccc4nc3-c3cnn(C4CCCCO4)c3)c(F)c2n1COCC[Si](C)(C)C. The van der Waals surface area contributed by atoms with Crippen LogP contribution in [0.5, 0.6) is 11.6 Å². The summed E-state index contributed by atoms with van der Waals surface area (Å²) in [6.07, 6.45) is 6.16. The highest BCUT2D eigenvalue weighted by atomic mass is 28.3. The van der Waals surface area contributed by atoms with Crippen molar-refractivity contribution in [3.8, 4) is 22.9 Å². The third kappa shape index (κ3) is 5.79. The van der Waals surface area contributed by atoms with Crippen LogP contribution in [0, 0.1) is 18.6 Å². The van der Waals surface area contributed by atoms with Crippen molar-refractivity contribution < 1.29 is 23.0 Å². The average Bonchev–Trinajstić information content (AvgIpc) is 3.57. The van der Waals surface area contributed by atoms with E-state index in [4.69, 9.17) is 19.2 Å². The van der Waals surface area contributed by atoms with E-state index in [9.17, 15) is 0 Å². The fraction of sp³-hybridized carbons (Fsp3) is 0.400. The van der Waals surface area contributed by atoms with Crippen LogP contribution in [0.4, 0.5) is 8.78 Å². The molecule has 1 unspecified atom stereocenters. The highest BCUT2D eigenvalue weighted by molar-refractivity contribution is 6.76. The fourth-order valence-electron chi connectivity index (χ4n) is 4.99. The summed E-state index contributed by atoms with van der Waals surface area (Å²) in [6, 6.07) is 9.40. The molecule has 0 amide bonds. The number of aryl methyl sites for hydroxylation is 1. The Hall–Kier alpha value is -3.74. The van der Waals surface area contributed by atoms with Gasteiger partial charge in [0.05, 0.1) is 22.7 Å². The van der Waals surface area contributed by atoms with E-state index in [-0.39, 0.29) is 29.9 Å². The Kier molecular flexibility index (Phi) is 7.77. The zero-order valence-electron chi connectivity index (χ0n) is 24.2. The molecule has 3 aromatic heterocycles. The van der Waals surface area contributed by atoms with Crippen molar-refractivity contribution in [2.24, 2.45) is 0 Å². The van der Waals surface area contributed by atoms with Crippen LogP contribution in [0.25, 0.3) is 33.3 Å². The maximum absolute atomic E-state index is 16.1. The lowest BCUT2D eigenvalue weighted by Crippen LogP contribution is -2.22. The summed E-state index contributed by atoms with van der Waals surface area (Å²) in [7, 11) is -1.30. The minimum absolute atomic E-state index is 0.0378. The Bertz CT molecular complexity index is 1740. The molecule has 12 heteroatoms. The number of fused-ring (bicyclic) bond motifs is 2. The number of para-hydroxylation sites is 2. The van der Waals surface area contributed by atoms with Gasteiger partial charge in [-0.1, -0.05) is 31.8 Å². The molecule has 0 aliphatic carbocycles. The standard InChI is InChI=1S/C30H34F2N6O3Si/c1-19-34-24-15-21(31)29(26(32)28(24)37(19)18-39-13-14-42(2,3)4)41-30-27(35-22-9-5-6-10-23(22)36-30)20-16-33-38(17-20)25-11-7-8-12-40-25/h5-6,9-10,15-17,25H,7-8,11-14,18H2,1-4H3. The largest absolute Gasteiger partial charge is 0.431 e. The molecule has 1 aliphatic rings. The first-order chi connectivity index (χ1) is 20.2. The predicted octanol–water partition coefficient (Wildman–Crippen LogP) is 7.23. The average molecular weight is 593 g/mol. The maximum atomic E-state index is 16.1. The molecule has 0 radical (unpaired) electrons. The van der Waals surface area contributed by atoms with E-state index in [2.05, 4.69) is 34.7 Å². The van der Waals surface area contributed by atoms with Gasteiger partial charge in [-0.25, -0.2) is 28.4 Å². The molecule has 0 spiro atoms. The Morgan fingerprint density at radius 2 is 1.83 bits per heavy atom. The molecule has 6 rings (SSSR count). The lowest BCUT2D eigenvalue weighted by atomic mass is 10.2. The normalized spacial score (nSPS) is 16.0. The molecule has 0 saturated carbocycles. The molecular weight excluding hydrogens is 558 g/mol. The molecule has 4 heterocycles. The molecule has 0 N–H and O–H groups in total. The van der Waals surface area contributed by atoms with Crippen molar-refractivity contribution >= 4 is 30.1 Å². The van der Waals surface area contributed by atoms with Crippen LogP contribution < -0.4 is 4.74 Å². The van der Waals surface area contributed by atoms with E-state index in [1.54, 1.807) is 34.6 Å². The van der Waals surface area contributed by atoms with Crippen LogP contribution in [0.1, 0.15) is 31.3 Å². The van der Waals surface area contributed by atoms with Gasteiger partial charge in [-0.3, -0.25) is 0 Å². The van der Waals surface area contributed by atoms with Crippen molar-refractivity contribution in [2.75, 3.05) is 13.2 Å². The lowest BCUT2D eigenvalue weighted by Gasteiger charge is -2.22. The number of hydrogen-bond donors (Lipinski definition) is 0. The number of ether oxygens (including phenoxy) is 3. The first-order valence-electron chi connectivity index (χ1n) is 14.2. The summed E-state index contributed by atoms with van der Waals surface area (Å²) in [5.74, 6) is -1.89. The molecule has 220 valence electrons. The minimum atomic E-state index is -1.30. The molecule has 5 aromatic rings. The van der Waals surface area contributed by atoms with Gasteiger partial charge in [0, 0.05) is 39.1 Å². The number of imidazole rings is 1. The summed E-state index contributed by atoms with van der Waals surface area (Å²) < 4.78 is 52.6. The molecular formula is C30H34F2N6O3Si. The van der Waals surface area contributed by atoms with Gasteiger partial charge >= 0.3 is 0 Å². The Morgan fingerprint density at radius 1 is 1.05 bits per heavy atom. The van der Waals surface area contributed by atoms with Crippen LogP contribution >= 0.6 is 0 Å². The Balaban J connectivity index is 1.38. The first kappa shape index (κ1) is 28.4. The second kappa shape index (κ2) is 11.5. The van der Waals surface area contributed by atoms with Gasteiger partial charge in [-0.2, -0.15) is 5.10 Å². The third-order valence-corrected chi connectivity index (χ3v) is 9.06. The van der Waals surface area contributed by atoms with Crippen molar-refractivity contribution in [1.82, 2.24) is 29.3 Å². The number of hydrogen-bond acceptors (Lipinski definition) is 7. The number of aromatic nitrogens is 6. The fourth-order valence-corrected chi connectivity index (χ4v) is 5.75. The van der Waals surface area contributed by atoms with Crippen LogP contribution in [0.2, 0.25) is 25.7 Å². The molecule has 9 nitrogen and oxygen atoms in total. The van der Waals surface area contributed by atoms with Gasteiger partial charge in [0.2, 0.25) is 11.6 Å². The molecule has 1 atom stereocenters. The summed E-state index contributed by atoms with van der Waals surface area (Å²) in [5, 5.41) is 4.48. The van der Waals surface area contributed by atoms with Crippen molar-refractivity contribution in [3.63, 3.8) is 0 Å². The summed E-state index contributed by atoms with van der Waals surface area (Å²) >= 11 is 0. The minimum Gasteiger partial charge on any atom is -0.431 e. The second-order valence-corrected chi connectivity index (χ2v) is 17.4.